The van der Waals surface area contributed by atoms with Gasteiger partial charge in [-0.3, -0.25) is 0 Å². The van der Waals surface area contributed by atoms with Gasteiger partial charge in [-0.25, -0.2) is 0 Å². The largest absolute Gasteiger partial charge is 0.309 e. The highest BCUT2D eigenvalue weighted by Crippen LogP contribution is 2.54. The molecule has 4 heteroatoms. The molecule has 0 atom stereocenters. The standard InChI is InChI=1S/C85H70BN3/c1-52(2)55-45-66(53(3)4)83(67(46-55)54(5)6)86-75-42-39-60(49-73(75)85(56-25-11-9-12-26-56,57-27-13-10-14-28-57)74-50-68-61-29-15-20-34-71(61)84(7,8)72(68)51-76(74)86)89-81-43-40-58(87-77-35-21-16-30-62(77)63-31-17-22-36-78(63)87)47-69(81)70-48-59(41-44-82(70)89)88-79-37-23-18-32-64(79)65-33-19-24-38-80(65)88/h9-54H,1-8H3. The maximum atomic E-state index is 2.69. The summed E-state index contributed by atoms with van der Waals surface area (Å²) in [6, 6.07) is 100. The Labute approximate surface area is 522 Å². The number of hydrogen-bond donors (Lipinski definition) is 0. The average Bonchev–Trinajstić information content (AvgIpc) is 1.50. The molecular formula is C85H70BN3. The van der Waals surface area contributed by atoms with Crippen LogP contribution in [0.2, 0.25) is 0 Å². The Morgan fingerprint density at radius 1 is 0.303 bits per heavy atom. The SMILES string of the molecule is CC(C)c1cc(C(C)C)c(B2c3ccc(-n4c5ccc(-n6c7ccccc7c7ccccc76)cc5c5cc(-n6c7ccccc7c7ccccc76)ccc54)cc3C(c3ccccc3)(c3ccccc3)c3cc4c(cc32)C(C)(C)c2ccccc2-4)c(C(C)C)c1. The number of para-hydroxylation sites is 4. The molecule has 0 spiro atoms. The van der Waals surface area contributed by atoms with Crippen LogP contribution in [-0.2, 0) is 10.8 Å². The molecule has 2 aliphatic rings. The molecule has 0 saturated heterocycles. The third-order valence-corrected chi connectivity index (χ3v) is 20.8. The zero-order chi connectivity index (χ0) is 60.2. The second kappa shape index (κ2) is 19.8. The Balaban J connectivity index is 1.01. The zero-order valence-electron chi connectivity index (χ0n) is 52.0. The maximum Gasteiger partial charge on any atom is 0.242 e. The number of fused-ring (bicyclic) bond motifs is 14. The Bertz CT molecular complexity index is 5050. The topological polar surface area (TPSA) is 14.8 Å². The van der Waals surface area contributed by atoms with Crippen LogP contribution in [0.1, 0.15) is 123 Å². The number of hydrogen-bond acceptors (Lipinski definition) is 0. The Morgan fingerprint density at radius 2 is 0.708 bits per heavy atom. The highest BCUT2D eigenvalue weighted by Gasteiger charge is 2.51. The quantitative estimate of drug-likeness (QED) is 0.128. The third kappa shape index (κ3) is 7.59. The van der Waals surface area contributed by atoms with E-state index in [1.165, 1.54) is 132 Å². The number of rotatable bonds is 9. The molecular weight excluding hydrogens is 1070 g/mol. The van der Waals surface area contributed by atoms with Gasteiger partial charge in [-0.15, -0.1) is 0 Å². The fraction of sp³-hybridized carbons (Fsp3) is 0.153. The van der Waals surface area contributed by atoms with Crippen molar-refractivity contribution in [3.63, 3.8) is 0 Å². The van der Waals surface area contributed by atoms with Gasteiger partial charge in [0.05, 0.1) is 38.5 Å². The van der Waals surface area contributed by atoms with Gasteiger partial charge in [0.15, 0.2) is 0 Å². The van der Waals surface area contributed by atoms with E-state index < -0.39 is 5.41 Å². The molecule has 0 N–H and O–H groups in total. The van der Waals surface area contributed by atoms with Gasteiger partial charge < -0.3 is 13.7 Å². The molecule has 428 valence electrons. The van der Waals surface area contributed by atoms with Gasteiger partial charge in [-0.1, -0.05) is 254 Å². The first-order valence-electron chi connectivity index (χ1n) is 32.2. The lowest BCUT2D eigenvalue weighted by atomic mass is 9.29. The van der Waals surface area contributed by atoms with Crippen LogP contribution in [0.3, 0.4) is 0 Å². The van der Waals surface area contributed by atoms with Crippen LogP contribution in [0.15, 0.2) is 261 Å². The number of nitrogens with zero attached hydrogens (tertiary/aromatic N) is 3. The summed E-state index contributed by atoms with van der Waals surface area (Å²) in [6.45, 7) is 19.2. The lowest BCUT2D eigenvalue weighted by molar-refractivity contribution is 0.659. The summed E-state index contributed by atoms with van der Waals surface area (Å²) in [6.07, 6.45) is 0. The minimum Gasteiger partial charge on any atom is -0.309 e. The highest BCUT2D eigenvalue weighted by atomic mass is 15.0. The molecule has 1 aliphatic heterocycles. The molecule has 15 aromatic rings. The van der Waals surface area contributed by atoms with Crippen molar-refractivity contribution in [2.24, 2.45) is 0 Å². The van der Waals surface area contributed by atoms with E-state index in [1.54, 1.807) is 0 Å². The Morgan fingerprint density at radius 3 is 1.18 bits per heavy atom. The fourth-order valence-electron chi connectivity index (χ4n) is 16.7. The second-order valence-corrected chi connectivity index (χ2v) is 26.9. The fourth-order valence-corrected chi connectivity index (χ4v) is 16.7. The van der Waals surface area contributed by atoms with Crippen LogP contribution in [0.5, 0.6) is 0 Å². The molecule has 89 heavy (non-hydrogen) atoms. The Kier molecular flexibility index (Phi) is 11.9. The van der Waals surface area contributed by atoms with Crippen LogP contribution in [-0.4, -0.2) is 20.4 Å². The van der Waals surface area contributed by atoms with Gasteiger partial charge in [0.1, 0.15) is 0 Å². The maximum absolute atomic E-state index is 2.69. The highest BCUT2D eigenvalue weighted by molar-refractivity contribution is 6.97. The van der Waals surface area contributed by atoms with Crippen molar-refractivity contribution >= 4 is 88.5 Å². The first-order valence-corrected chi connectivity index (χ1v) is 32.2. The molecule has 1 aliphatic carbocycles. The van der Waals surface area contributed by atoms with Gasteiger partial charge in [-0.05, 0) is 158 Å². The number of aromatic nitrogens is 3. The van der Waals surface area contributed by atoms with Gasteiger partial charge in [-0.2, -0.15) is 0 Å². The van der Waals surface area contributed by atoms with E-state index in [2.05, 4.69) is 330 Å². The van der Waals surface area contributed by atoms with Crippen molar-refractivity contribution < 1.29 is 0 Å². The molecule has 0 unspecified atom stereocenters. The predicted molar refractivity (Wildman–Crippen MR) is 379 cm³/mol. The van der Waals surface area contributed by atoms with Crippen molar-refractivity contribution in [1.82, 2.24) is 13.7 Å². The van der Waals surface area contributed by atoms with Gasteiger partial charge >= 0.3 is 0 Å². The first-order chi connectivity index (χ1) is 43.4. The summed E-state index contributed by atoms with van der Waals surface area (Å²) in [5, 5.41) is 7.41. The molecule has 0 amide bonds. The smallest absolute Gasteiger partial charge is 0.242 e. The summed E-state index contributed by atoms with van der Waals surface area (Å²) in [7, 11) is 0. The van der Waals surface area contributed by atoms with E-state index in [0.29, 0.717) is 5.92 Å². The molecule has 12 aromatic carbocycles. The first kappa shape index (κ1) is 53.4. The van der Waals surface area contributed by atoms with Crippen LogP contribution >= 0.6 is 0 Å². The summed E-state index contributed by atoms with van der Waals surface area (Å²) in [4.78, 5) is 0. The minimum atomic E-state index is -0.740. The molecule has 0 bridgehead atoms. The Hall–Kier alpha value is -9.90. The van der Waals surface area contributed by atoms with Crippen molar-refractivity contribution in [2.75, 3.05) is 0 Å². The lowest BCUT2D eigenvalue weighted by Gasteiger charge is -2.46. The van der Waals surface area contributed by atoms with E-state index in [9.17, 15) is 0 Å². The molecule has 4 heterocycles. The van der Waals surface area contributed by atoms with E-state index >= 15 is 0 Å². The predicted octanol–water partition coefficient (Wildman–Crippen LogP) is 19.9. The summed E-state index contributed by atoms with van der Waals surface area (Å²) < 4.78 is 7.52. The van der Waals surface area contributed by atoms with Gasteiger partial charge in [0, 0.05) is 54.8 Å². The van der Waals surface area contributed by atoms with Crippen molar-refractivity contribution in [3.8, 4) is 28.2 Å². The third-order valence-electron chi connectivity index (χ3n) is 20.8. The van der Waals surface area contributed by atoms with Crippen LogP contribution in [0.4, 0.5) is 0 Å². The molecule has 17 rings (SSSR count). The van der Waals surface area contributed by atoms with E-state index in [0.717, 1.165) is 28.1 Å². The number of benzene rings is 12. The summed E-state index contributed by atoms with van der Waals surface area (Å²) in [5.74, 6) is 0.964. The average molecular weight is 1140 g/mol. The zero-order valence-corrected chi connectivity index (χ0v) is 52.0. The van der Waals surface area contributed by atoms with Crippen LogP contribution in [0.25, 0.3) is 93.6 Å². The molecule has 0 fully saturated rings. The van der Waals surface area contributed by atoms with E-state index in [4.69, 9.17) is 0 Å². The van der Waals surface area contributed by atoms with Crippen molar-refractivity contribution in [3.05, 3.63) is 311 Å². The molecule has 0 radical (unpaired) electrons. The summed E-state index contributed by atoms with van der Waals surface area (Å²) >= 11 is 0. The second-order valence-electron chi connectivity index (χ2n) is 26.9. The van der Waals surface area contributed by atoms with Gasteiger partial charge in [0.25, 0.3) is 0 Å². The van der Waals surface area contributed by atoms with Crippen molar-refractivity contribution in [2.45, 2.75) is 84.0 Å². The van der Waals surface area contributed by atoms with E-state index in [-0.39, 0.29) is 24.0 Å². The van der Waals surface area contributed by atoms with Crippen LogP contribution in [0, 0.1) is 0 Å². The molecule has 3 nitrogen and oxygen atoms in total. The summed E-state index contributed by atoms with van der Waals surface area (Å²) in [5.41, 5.74) is 28.7. The van der Waals surface area contributed by atoms with Crippen LogP contribution < -0.4 is 16.4 Å². The normalized spacial score (nSPS) is 14.1. The molecule has 3 aromatic heterocycles. The van der Waals surface area contributed by atoms with Gasteiger partial charge in [0.2, 0.25) is 6.71 Å². The monoisotopic (exact) mass is 1140 g/mol. The lowest BCUT2D eigenvalue weighted by Crippen LogP contribution is -2.63. The van der Waals surface area contributed by atoms with E-state index in [1.807, 2.05) is 0 Å². The minimum absolute atomic E-state index is 0.0730. The van der Waals surface area contributed by atoms with Crippen molar-refractivity contribution in [1.29, 1.82) is 0 Å². The molecule has 0 saturated carbocycles.